The molecule has 0 amide bonds. The van der Waals surface area contributed by atoms with Crippen LogP contribution in [-0.4, -0.2) is 4.57 Å². The van der Waals surface area contributed by atoms with Crippen molar-refractivity contribution in [2.24, 2.45) is 5.92 Å². The number of hydrogen-bond donors (Lipinski definition) is 1. The van der Waals surface area contributed by atoms with E-state index in [1.54, 1.807) is 0 Å². The maximum Gasteiger partial charge on any atom is 0.0491 e. The molecule has 0 radical (unpaired) electrons. The molecule has 3 aromatic carbocycles. The summed E-state index contributed by atoms with van der Waals surface area (Å²) in [5.41, 5.74) is 7.78. The molecule has 0 saturated heterocycles. The molecule has 0 spiro atoms. The molecule has 4 aromatic rings. The van der Waals surface area contributed by atoms with Crippen LogP contribution in [0, 0.1) is 5.92 Å². The average molecular weight is 475 g/mol. The van der Waals surface area contributed by atoms with Crippen molar-refractivity contribution in [1.82, 2.24) is 4.57 Å². The lowest BCUT2D eigenvalue weighted by atomic mass is 9.95. The van der Waals surface area contributed by atoms with E-state index in [1.165, 1.54) is 44.3 Å². The maximum atomic E-state index is 3.82. The predicted octanol–water partition coefficient (Wildman–Crippen LogP) is 9.46. The number of allylic oxidation sites excluding steroid dienone is 8. The van der Waals surface area contributed by atoms with E-state index in [-0.39, 0.29) is 0 Å². The average Bonchev–Trinajstić information content (AvgIpc) is 3.24. The minimum absolute atomic E-state index is 0.386. The highest BCUT2D eigenvalue weighted by molar-refractivity contribution is 6.07. The second-order valence-corrected chi connectivity index (χ2v) is 9.13. The first kappa shape index (κ1) is 25.3. The smallest absolute Gasteiger partial charge is 0.0491 e. The van der Waals surface area contributed by atoms with Gasteiger partial charge in [-0.3, -0.25) is 0 Å². The molecule has 1 aliphatic rings. The molecule has 1 aromatic heterocycles. The van der Waals surface area contributed by atoms with Gasteiger partial charge in [0, 0.05) is 45.7 Å². The number of hydrogen-bond acceptors (Lipinski definition) is 1. The third-order valence-corrected chi connectivity index (χ3v) is 6.69. The lowest BCUT2D eigenvalue weighted by molar-refractivity contribution is 0.528. The van der Waals surface area contributed by atoms with Crippen LogP contribution >= 0.6 is 0 Å². The van der Waals surface area contributed by atoms with Crippen molar-refractivity contribution in [3.05, 3.63) is 126 Å². The monoisotopic (exact) mass is 474 g/mol. The maximum absolute atomic E-state index is 3.82. The molecule has 5 rings (SSSR count). The summed E-state index contributed by atoms with van der Waals surface area (Å²) in [6.07, 6.45) is 15.1. The molecule has 0 saturated carbocycles. The van der Waals surface area contributed by atoms with Crippen molar-refractivity contribution < 1.29 is 0 Å². The molecule has 0 fully saturated rings. The molecular formula is C34H38N2. The van der Waals surface area contributed by atoms with E-state index in [4.69, 9.17) is 0 Å². The van der Waals surface area contributed by atoms with E-state index in [0.717, 1.165) is 19.4 Å². The lowest BCUT2D eigenvalue weighted by Gasteiger charge is -2.25. The molecule has 2 nitrogen and oxygen atoms in total. The second-order valence-electron chi connectivity index (χ2n) is 9.13. The van der Waals surface area contributed by atoms with E-state index in [2.05, 4.69) is 133 Å². The van der Waals surface area contributed by atoms with Crippen molar-refractivity contribution in [2.75, 3.05) is 5.32 Å². The van der Waals surface area contributed by atoms with Gasteiger partial charge in [-0.05, 0) is 56.5 Å². The van der Waals surface area contributed by atoms with E-state index >= 15 is 0 Å². The Morgan fingerprint density at radius 2 is 1.56 bits per heavy atom. The van der Waals surface area contributed by atoms with Gasteiger partial charge < -0.3 is 9.88 Å². The summed E-state index contributed by atoms with van der Waals surface area (Å²) in [6.45, 7) is 9.20. The number of nitrogens with zero attached hydrogens (tertiary/aromatic N) is 1. The fourth-order valence-corrected chi connectivity index (χ4v) is 4.99. The molecule has 36 heavy (non-hydrogen) atoms. The minimum Gasteiger partial charge on any atom is -0.358 e. The molecule has 2 heteroatoms. The first-order chi connectivity index (χ1) is 17.7. The van der Waals surface area contributed by atoms with Crippen LogP contribution in [0.2, 0.25) is 0 Å². The Morgan fingerprint density at radius 1 is 0.917 bits per heavy atom. The topological polar surface area (TPSA) is 17.0 Å². The zero-order valence-corrected chi connectivity index (χ0v) is 22.0. The van der Waals surface area contributed by atoms with Crippen molar-refractivity contribution in [3.63, 3.8) is 0 Å². The Kier molecular flexibility index (Phi) is 8.62. The van der Waals surface area contributed by atoms with Gasteiger partial charge in [-0.1, -0.05) is 104 Å². The third-order valence-electron chi connectivity index (χ3n) is 6.69. The number of nitrogens with one attached hydrogen (secondary N) is 1. The highest BCUT2D eigenvalue weighted by atomic mass is 15.0. The molecular weight excluding hydrogens is 436 g/mol. The van der Waals surface area contributed by atoms with Crippen LogP contribution in [-0.2, 0) is 13.0 Å². The summed E-state index contributed by atoms with van der Waals surface area (Å²) in [5, 5.41) is 6.48. The lowest BCUT2D eigenvalue weighted by Crippen LogP contribution is -2.19. The van der Waals surface area contributed by atoms with Crippen molar-refractivity contribution >= 4 is 27.5 Å². The molecule has 1 aliphatic carbocycles. The summed E-state index contributed by atoms with van der Waals surface area (Å²) < 4.78 is 2.50. The molecule has 1 heterocycles. The molecule has 1 unspecified atom stereocenters. The standard InChI is InChI=1S/C32H32N2.C2H6/c1-3-4-13-24(2)22-25-14-5-9-18-29(25)33-30-19-10-6-15-26(30)23-34-31-20-11-7-16-27(31)28-17-8-12-21-32(28)34;1-2/h3-14,16-21,26,33H,15,22-23H2,1-2H3;1-2H3/b4-3-,24-13+;. The third kappa shape index (κ3) is 5.54. The Balaban J connectivity index is 0.00000148. The molecule has 1 atom stereocenters. The van der Waals surface area contributed by atoms with Gasteiger partial charge in [-0.2, -0.15) is 0 Å². The highest BCUT2D eigenvalue weighted by Gasteiger charge is 2.20. The van der Waals surface area contributed by atoms with Crippen molar-refractivity contribution in [2.45, 2.75) is 47.1 Å². The van der Waals surface area contributed by atoms with Gasteiger partial charge in [-0.25, -0.2) is 0 Å². The number of rotatable bonds is 7. The zero-order valence-electron chi connectivity index (χ0n) is 22.0. The fourth-order valence-electron chi connectivity index (χ4n) is 4.99. The van der Waals surface area contributed by atoms with Crippen LogP contribution in [0.4, 0.5) is 5.69 Å². The van der Waals surface area contributed by atoms with Crippen LogP contribution in [0.1, 0.15) is 39.7 Å². The SMILES string of the molecule is C/C=C\C=C(/C)Cc1ccccc1NC1=CC=CCC1Cn1c2ccccc2c2ccccc21.CC. The molecule has 0 bridgehead atoms. The van der Waals surface area contributed by atoms with Gasteiger partial charge in [0.25, 0.3) is 0 Å². The van der Waals surface area contributed by atoms with Crippen molar-refractivity contribution in [3.8, 4) is 0 Å². The molecule has 1 N–H and O–H groups in total. The second kappa shape index (κ2) is 12.3. The summed E-state index contributed by atoms with van der Waals surface area (Å²) >= 11 is 0. The van der Waals surface area contributed by atoms with Crippen LogP contribution < -0.4 is 5.32 Å². The van der Waals surface area contributed by atoms with Gasteiger partial charge in [-0.15, -0.1) is 0 Å². The number of fused-ring (bicyclic) bond motifs is 3. The minimum atomic E-state index is 0.386. The number of anilines is 1. The van der Waals surface area contributed by atoms with Gasteiger partial charge in [0.15, 0.2) is 0 Å². The number of benzene rings is 3. The largest absolute Gasteiger partial charge is 0.358 e. The molecule has 0 aliphatic heterocycles. The fraction of sp³-hybridized carbons (Fsp3) is 0.235. The Hall–Kier alpha value is -3.78. The van der Waals surface area contributed by atoms with Gasteiger partial charge >= 0.3 is 0 Å². The normalized spacial score (nSPS) is 15.7. The number of para-hydroxylation sites is 3. The van der Waals surface area contributed by atoms with E-state index in [0.29, 0.717) is 5.92 Å². The van der Waals surface area contributed by atoms with Crippen LogP contribution in [0.3, 0.4) is 0 Å². The number of aromatic nitrogens is 1. The van der Waals surface area contributed by atoms with Gasteiger partial charge in [0.1, 0.15) is 0 Å². The van der Waals surface area contributed by atoms with Gasteiger partial charge in [0.2, 0.25) is 0 Å². The van der Waals surface area contributed by atoms with E-state index in [1.807, 2.05) is 13.8 Å². The van der Waals surface area contributed by atoms with Crippen LogP contribution in [0.25, 0.3) is 21.8 Å². The summed E-state index contributed by atoms with van der Waals surface area (Å²) in [5.74, 6) is 0.386. The Labute approximate surface area is 216 Å². The zero-order chi connectivity index (χ0) is 25.3. The molecule has 184 valence electrons. The van der Waals surface area contributed by atoms with Crippen LogP contribution in [0.15, 0.2) is 121 Å². The highest BCUT2D eigenvalue weighted by Crippen LogP contribution is 2.33. The first-order valence-electron chi connectivity index (χ1n) is 13.2. The summed E-state index contributed by atoms with van der Waals surface area (Å²) in [7, 11) is 0. The van der Waals surface area contributed by atoms with Gasteiger partial charge in [0.05, 0.1) is 0 Å². The Morgan fingerprint density at radius 3 is 2.25 bits per heavy atom. The van der Waals surface area contributed by atoms with E-state index in [9.17, 15) is 0 Å². The quantitative estimate of drug-likeness (QED) is 0.264. The summed E-state index contributed by atoms with van der Waals surface area (Å²) in [6, 6.07) is 26.2. The predicted molar refractivity (Wildman–Crippen MR) is 158 cm³/mol. The van der Waals surface area contributed by atoms with Crippen LogP contribution in [0.5, 0.6) is 0 Å². The first-order valence-corrected chi connectivity index (χ1v) is 13.2. The van der Waals surface area contributed by atoms with Crippen molar-refractivity contribution in [1.29, 1.82) is 0 Å². The summed E-state index contributed by atoms with van der Waals surface area (Å²) in [4.78, 5) is 0. The Bertz CT molecular complexity index is 1370. The van der Waals surface area contributed by atoms with E-state index < -0.39 is 0 Å².